The van der Waals surface area contributed by atoms with Gasteiger partial charge in [-0.3, -0.25) is 4.79 Å². The Bertz CT molecular complexity index is 1110. The SMILES string of the molecule is Nn1c(N/N=C/c2ccccc2Cl)nnc1SCC(=O)Nc1ccc(OC(F)(F)F)cc1. The topological polar surface area (TPSA) is 119 Å². The lowest BCUT2D eigenvalue weighted by Crippen LogP contribution is -2.18. The minimum Gasteiger partial charge on any atom is -0.406 e. The van der Waals surface area contributed by atoms with Gasteiger partial charge in [-0.1, -0.05) is 41.6 Å². The summed E-state index contributed by atoms with van der Waals surface area (Å²) in [6.45, 7) is 0. The molecule has 14 heteroatoms. The van der Waals surface area contributed by atoms with Gasteiger partial charge in [-0.2, -0.15) is 5.10 Å². The standard InChI is InChI=1S/C18H15ClF3N7O2S/c19-14-4-2-1-3-11(14)9-24-26-16-27-28-17(29(16)23)32-10-15(30)25-12-5-7-13(8-6-12)31-18(20,21)22/h1-9H,10,23H2,(H,25,30)(H,26,27)/b24-9+. The number of thioether (sulfide) groups is 1. The van der Waals surface area contributed by atoms with Crippen molar-refractivity contribution in [3.05, 3.63) is 59.1 Å². The third-order valence-electron chi connectivity index (χ3n) is 3.64. The number of hydrazone groups is 1. The molecule has 2 aromatic carbocycles. The first kappa shape index (κ1) is 23.2. The predicted molar refractivity (Wildman–Crippen MR) is 115 cm³/mol. The van der Waals surface area contributed by atoms with Crippen LogP contribution in [0.1, 0.15) is 5.56 Å². The molecule has 1 amide bonds. The van der Waals surface area contributed by atoms with E-state index in [4.69, 9.17) is 17.4 Å². The highest BCUT2D eigenvalue weighted by Crippen LogP contribution is 2.24. The van der Waals surface area contributed by atoms with Gasteiger partial charge in [0.2, 0.25) is 11.1 Å². The minimum absolute atomic E-state index is 0.0704. The molecule has 0 fully saturated rings. The molecule has 9 nitrogen and oxygen atoms in total. The van der Waals surface area contributed by atoms with Crippen molar-refractivity contribution in [1.82, 2.24) is 14.9 Å². The van der Waals surface area contributed by atoms with Crippen LogP contribution in [0, 0.1) is 0 Å². The van der Waals surface area contributed by atoms with Crippen molar-refractivity contribution in [3.63, 3.8) is 0 Å². The van der Waals surface area contributed by atoms with E-state index in [2.05, 4.69) is 30.8 Å². The molecule has 1 aromatic heterocycles. The molecule has 32 heavy (non-hydrogen) atoms. The number of aromatic nitrogens is 3. The summed E-state index contributed by atoms with van der Waals surface area (Å²) in [5, 5.41) is 15.0. The van der Waals surface area contributed by atoms with Crippen LogP contribution in [-0.4, -0.2) is 39.1 Å². The maximum Gasteiger partial charge on any atom is 0.573 e. The number of alkyl halides is 3. The minimum atomic E-state index is -4.78. The van der Waals surface area contributed by atoms with E-state index >= 15 is 0 Å². The molecule has 0 saturated heterocycles. The Hall–Kier alpha value is -3.45. The third kappa shape index (κ3) is 6.78. The summed E-state index contributed by atoms with van der Waals surface area (Å²) < 4.78 is 41.4. The number of nitrogens with one attached hydrogen (secondary N) is 2. The molecule has 1 heterocycles. The Morgan fingerprint density at radius 1 is 1.22 bits per heavy atom. The van der Waals surface area contributed by atoms with Gasteiger partial charge >= 0.3 is 6.36 Å². The molecule has 0 aliphatic carbocycles. The zero-order valence-electron chi connectivity index (χ0n) is 16.0. The smallest absolute Gasteiger partial charge is 0.406 e. The van der Waals surface area contributed by atoms with Crippen molar-refractivity contribution in [2.75, 3.05) is 22.3 Å². The van der Waals surface area contributed by atoms with E-state index in [9.17, 15) is 18.0 Å². The third-order valence-corrected chi connectivity index (χ3v) is 4.93. The fourth-order valence-electron chi connectivity index (χ4n) is 2.26. The lowest BCUT2D eigenvalue weighted by Gasteiger charge is -2.09. The van der Waals surface area contributed by atoms with Crippen molar-refractivity contribution in [2.24, 2.45) is 5.10 Å². The number of carbonyl (C=O) groups is 1. The zero-order valence-corrected chi connectivity index (χ0v) is 17.6. The van der Waals surface area contributed by atoms with E-state index in [1.54, 1.807) is 18.2 Å². The quantitative estimate of drug-likeness (QED) is 0.192. The highest BCUT2D eigenvalue weighted by atomic mass is 35.5. The average Bonchev–Trinajstić information content (AvgIpc) is 3.08. The van der Waals surface area contributed by atoms with Crippen molar-refractivity contribution >= 4 is 47.1 Å². The van der Waals surface area contributed by atoms with Gasteiger partial charge in [0.15, 0.2) is 0 Å². The Morgan fingerprint density at radius 2 is 1.94 bits per heavy atom. The Labute approximate surface area is 188 Å². The number of benzene rings is 2. The second-order valence-electron chi connectivity index (χ2n) is 5.98. The molecule has 0 aliphatic rings. The molecule has 0 unspecified atom stereocenters. The molecule has 0 spiro atoms. The maximum absolute atomic E-state index is 12.2. The number of amides is 1. The highest BCUT2D eigenvalue weighted by molar-refractivity contribution is 7.99. The molecule has 168 valence electrons. The molecular weight excluding hydrogens is 471 g/mol. The van der Waals surface area contributed by atoms with Gasteiger partial charge in [0.25, 0.3) is 5.95 Å². The number of hydrogen-bond acceptors (Lipinski definition) is 8. The fraction of sp³-hybridized carbons (Fsp3) is 0.111. The number of nitrogens with two attached hydrogens (primary N) is 1. The Kier molecular flexibility index (Phi) is 7.43. The van der Waals surface area contributed by atoms with E-state index in [-0.39, 0.29) is 16.9 Å². The van der Waals surface area contributed by atoms with Crippen LogP contribution < -0.4 is 21.3 Å². The van der Waals surface area contributed by atoms with Crippen molar-refractivity contribution < 1.29 is 22.7 Å². The van der Waals surface area contributed by atoms with E-state index in [0.717, 1.165) is 28.6 Å². The molecule has 0 bridgehead atoms. The van der Waals surface area contributed by atoms with Gasteiger partial charge in [-0.05, 0) is 30.3 Å². The lowest BCUT2D eigenvalue weighted by molar-refractivity contribution is -0.274. The predicted octanol–water partition coefficient (Wildman–Crippen LogP) is 3.72. The number of nitrogens with zero attached hydrogens (tertiary/aromatic N) is 4. The number of anilines is 2. The molecule has 0 radical (unpaired) electrons. The van der Waals surface area contributed by atoms with Crippen LogP contribution in [0.4, 0.5) is 24.8 Å². The molecule has 0 saturated carbocycles. The summed E-state index contributed by atoms with van der Waals surface area (Å²) in [4.78, 5) is 12.1. The van der Waals surface area contributed by atoms with Gasteiger partial charge in [-0.15, -0.1) is 23.4 Å². The second-order valence-corrected chi connectivity index (χ2v) is 7.33. The van der Waals surface area contributed by atoms with Crippen LogP contribution >= 0.6 is 23.4 Å². The number of rotatable bonds is 8. The molecule has 3 aromatic rings. The molecule has 0 atom stereocenters. The monoisotopic (exact) mass is 485 g/mol. The van der Waals surface area contributed by atoms with Crippen LogP contribution in [-0.2, 0) is 4.79 Å². The summed E-state index contributed by atoms with van der Waals surface area (Å²) in [6, 6.07) is 11.9. The molecule has 0 aliphatic heterocycles. The first-order valence-corrected chi connectivity index (χ1v) is 10.1. The van der Waals surface area contributed by atoms with Gasteiger partial charge in [0.05, 0.1) is 12.0 Å². The largest absolute Gasteiger partial charge is 0.573 e. The number of nitrogen functional groups attached to an aromatic ring is 1. The Balaban J connectivity index is 1.50. The highest BCUT2D eigenvalue weighted by Gasteiger charge is 2.30. The molecule has 4 N–H and O–H groups in total. The van der Waals surface area contributed by atoms with Crippen LogP contribution in [0.5, 0.6) is 5.75 Å². The summed E-state index contributed by atoms with van der Waals surface area (Å²) in [6.07, 6.45) is -3.30. The van der Waals surface area contributed by atoms with Crippen molar-refractivity contribution in [1.29, 1.82) is 0 Å². The normalized spacial score (nSPS) is 11.5. The summed E-state index contributed by atoms with van der Waals surface area (Å²) >= 11 is 7.04. The van der Waals surface area contributed by atoms with Crippen LogP contribution in [0.25, 0.3) is 0 Å². The van der Waals surface area contributed by atoms with E-state index in [1.165, 1.54) is 18.3 Å². The second kappa shape index (κ2) is 10.2. The van der Waals surface area contributed by atoms with E-state index < -0.39 is 18.0 Å². The van der Waals surface area contributed by atoms with Gasteiger partial charge < -0.3 is 15.9 Å². The van der Waals surface area contributed by atoms with Gasteiger partial charge in [0.1, 0.15) is 5.75 Å². The van der Waals surface area contributed by atoms with Crippen molar-refractivity contribution in [3.8, 4) is 5.75 Å². The molecular formula is C18H15ClF3N7O2S. The van der Waals surface area contributed by atoms with Crippen LogP contribution in [0.15, 0.2) is 58.8 Å². The zero-order chi connectivity index (χ0) is 23.1. The van der Waals surface area contributed by atoms with Crippen LogP contribution in [0.2, 0.25) is 5.02 Å². The summed E-state index contributed by atoms with van der Waals surface area (Å²) in [5.41, 5.74) is 3.62. The first-order valence-electron chi connectivity index (χ1n) is 8.74. The summed E-state index contributed by atoms with van der Waals surface area (Å²) in [7, 11) is 0. The number of hydrogen-bond donors (Lipinski definition) is 3. The van der Waals surface area contributed by atoms with Gasteiger partial charge in [-0.25, -0.2) is 10.1 Å². The number of carbonyl (C=O) groups excluding carboxylic acids is 1. The van der Waals surface area contributed by atoms with E-state index in [0.29, 0.717) is 16.3 Å². The first-order chi connectivity index (χ1) is 15.2. The van der Waals surface area contributed by atoms with Crippen molar-refractivity contribution in [2.45, 2.75) is 11.5 Å². The fourth-order valence-corrected chi connectivity index (χ4v) is 3.10. The van der Waals surface area contributed by atoms with Crippen LogP contribution in [0.3, 0.4) is 0 Å². The summed E-state index contributed by atoms with van der Waals surface area (Å²) in [5.74, 6) is 5.14. The Morgan fingerprint density at radius 3 is 2.62 bits per heavy atom. The maximum atomic E-state index is 12.2. The average molecular weight is 486 g/mol. The number of ether oxygens (including phenoxy) is 1. The molecule has 3 rings (SSSR count). The van der Waals surface area contributed by atoms with Gasteiger partial charge in [0, 0.05) is 16.3 Å². The van der Waals surface area contributed by atoms with E-state index in [1.807, 2.05) is 6.07 Å². The number of halogens is 4. The lowest BCUT2D eigenvalue weighted by atomic mass is 10.2.